The zero-order valence-corrected chi connectivity index (χ0v) is 19.0. The van der Waals surface area contributed by atoms with Crippen molar-refractivity contribution < 1.29 is 17.6 Å². The number of aromatic nitrogens is 2. The van der Waals surface area contributed by atoms with Gasteiger partial charge in [0.15, 0.2) is 0 Å². The van der Waals surface area contributed by atoms with E-state index >= 15 is 0 Å². The van der Waals surface area contributed by atoms with E-state index in [0.717, 1.165) is 42.4 Å². The molecule has 0 bridgehead atoms. The number of nitrogens with zero attached hydrogens (tertiary/aromatic N) is 2. The first kappa shape index (κ1) is 24.5. The van der Waals surface area contributed by atoms with E-state index in [2.05, 4.69) is 20.2 Å². The van der Waals surface area contributed by atoms with E-state index < -0.39 is 10.0 Å². The second-order valence-electron chi connectivity index (χ2n) is 7.74. The highest BCUT2D eigenvalue weighted by Gasteiger charge is 2.21. The first-order valence-corrected chi connectivity index (χ1v) is 12.3. The molecule has 174 valence electrons. The van der Waals surface area contributed by atoms with E-state index in [1.165, 1.54) is 18.6 Å². The number of amides is 1. The normalized spacial score (nSPS) is 14.1. The summed E-state index contributed by atoms with van der Waals surface area (Å²) in [5.74, 6) is -0.264. The molecule has 0 radical (unpaired) electrons. The van der Waals surface area contributed by atoms with E-state index in [0.29, 0.717) is 17.9 Å². The van der Waals surface area contributed by atoms with Gasteiger partial charge < -0.3 is 5.32 Å². The zero-order chi connectivity index (χ0) is 23.5. The lowest BCUT2D eigenvalue weighted by Gasteiger charge is -2.22. The van der Waals surface area contributed by atoms with Crippen molar-refractivity contribution in [3.8, 4) is 11.1 Å². The third-order valence-electron chi connectivity index (χ3n) is 5.31. The van der Waals surface area contributed by atoms with Crippen LogP contribution in [0.2, 0.25) is 0 Å². The van der Waals surface area contributed by atoms with Crippen molar-refractivity contribution in [3.63, 3.8) is 0 Å². The molecule has 7 nitrogen and oxygen atoms in total. The fourth-order valence-electron chi connectivity index (χ4n) is 3.56. The average Bonchev–Trinajstić information content (AvgIpc) is 2.85. The molecule has 1 saturated carbocycles. The predicted octanol–water partition coefficient (Wildman–Crippen LogP) is 3.83. The van der Waals surface area contributed by atoms with Crippen molar-refractivity contribution in [2.45, 2.75) is 49.6 Å². The number of hydrogen-bond acceptors (Lipinski definition) is 5. The van der Waals surface area contributed by atoms with E-state index in [-0.39, 0.29) is 11.9 Å². The van der Waals surface area contributed by atoms with Gasteiger partial charge in [-0.1, -0.05) is 43.5 Å². The van der Waals surface area contributed by atoms with Gasteiger partial charge in [-0.3, -0.25) is 4.79 Å². The molecule has 1 fully saturated rings. The standard InChI is InChI=1S/C16H19N3O2S.C8H8FNO/c20-22(21,19-15-4-2-1-3-5-15)16-8-6-13(7-9-16)14-10-11-17-18-12-14;9-8-3-1-7(2-4-8)5-10-6-11/h6-12,15,19H,1-5H2;1-4,6H,5H2,(H,10,11). The Morgan fingerprint density at radius 3 is 2.21 bits per heavy atom. The third kappa shape index (κ3) is 7.73. The molecule has 1 aliphatic carbocycles. The minimum absolute atomic E-state index is 0.0721. The van der Waals surface area contributed by atoms with Crippen molar-refractivity contribution in [1.82, 2.24) is 20.2 Å². The zero-order valence-electron chi connectivity index (χ0n) is 18.2. The molecule has 1 amide bonds. The quantitative estimate of drug-likeness (QED) is 0.511. The predicted molar refractivity (Wildman–Crippen MR) is 124 cm³/mol. The number of hydrogen-bond donors (Lipinski definition) is 2. The Labute approximate surface area is 193 Å². The van der Waals surface area contributed by atoms with Gasteiger partial charge in [-0.05, 0) is 54.3 Å². The van der Waals surface area contributed by atoms with Crippen molar-refractivity contribution in [2.24, 2.45) is 0 Å². The number of benzene rings is 2. The Balaban J connectivity index is 0.000000235. The van der Waals surface area contributed by atoms with E-state index in [4.69, 9.17) is 0 Å². The summed E-state index contributed by atoms with van der Waals surface area (Å²) in [6.45, 7) is 0.448. The van der Waals surface area contributed by atoms with Crippen LogP contribution in [0.1, 0.15) is 37.7 Å². The molecule has 0 saturated heterocycles. The second kappa shape index (κ2) is 12.2. The molecule has 4 rings (SSSR count). The number of carbonyl (C=O) groups is 1. The van der Waals surface area contributed by atoms with Crippen LogP contribution in [-0.4, -0.2) is 31.1 Å². The van der Waals surface area contributed by atoms with Gasteiger partial charge in [0.25, 0.3) is 0 Å². The van der Waals surface area contributed by atoms with Crippen LogP contribution in [0.3, 0.4) is 0 Å². The molecule has 0 unspecified atom stereocenters. The molecule has 33 heavy (non-hydrogen) atoms. The Morgan fingerprint density at radius 2 is 1.61 bits per heavy atom. The molecule has 0 atom stereocenters. The lowest BCUT2D eigenvalue weighted by atomic mass is 9.96. The van der Waals surface area contributed by atoms with Crippen molar-refractivity contribution in [2.75, 3.05) is 0 Å². The molecule has 2 N–H and O–H groups in total. The summed E-state index contributed by atoms with van der Waals surface area (Å²) in [5, 5.41) is 10.0. The minimum atomic E-state index is -3.44. The van der Waals surface area contributed by atoms with Gasteiger partial charge in [0, 0.05) is 18.2 Å². The maximum absolute atomic E-state index is 12.4. The fourth-order valence-corrected chi connectivity index (χ4v) is 4.86. The smallest absolute Gasteiger partial charge is 0.240 e. The number of halogens is 1. The van der Waals surface area contributed by atoms with Gasteiger partial charge in [0.2, 0.25) is 16.4 Å². The van der Waals surface area contributed by atoms with Gasteiger partial charge in [0.05, 0.1) is 17.3 Å². The van der Waals surface area contributed by atoms with E-state index in [9.17, 15) is 17.6 Å². The van der Waals surface area contributed by atoms with E-state index in [1.807, 2.05) is 6.07 Å². The topological polar surface area (TPSA) is 101 Å². The monoisotopic (exact) mass is 470 g/mol. The van der Waals surface area contributed by atoms with Gasteiger partial charge in [-0.25, -0.2) is 17.5 Å². The Morgan fingerprint density at radius 1 is 0.909 bits per heavy atom. The van der Waals surface area contributed by atoms with Crippen molar-refractivity contribution in [1.29, 1.82) is 0 Å². The highest BCUT2D eigenvalue weighted by atomic mass is 32.2. The summed E-state index contributed by atoms with van der Waals surface area (Å²) in [6, 6.07) is 14.8. The second-order valence-corrected chi connectivity index (χ2v) is 9.45. The third-order valence-corrected chi connectivity index (χ3v) is 6.85. The van der Waals surface area contributed by atoms with Crippen LogP contribution in [0.25, 0.3) is 11.1 Å². The first-order chi connectivity index (χ1) is 16.0. The van der Waals surface area contributed by atoms with Crippen molar-refractivity contribution >= 4 is 16.4 Å². The van der Waals surface area contributed by atoms with Crippen LogP contribution in [0, 0.1) is 5.82 Å². The summed E-state index contributed by atoms with van der Waals surface area (Å²) in [4.78, 5) is 10.2. The van der Waals surface area contributed by atoms with Crippen LogP contribution in [0.4, 0.5) is 4.39 Å². The summed E-state index contributed by atoms with van der Waals surface area (Å²) >= 11 is 0. The molecule has 9 heteroatoms. The summed E-state index contributed by atoms with van der Waals surface area (Å²) in [7, 11) is -3.44. The fraction of sp³-hybridized carbons (Fsp3) is 0.292. The minimum Gasteiger partial charge on any atom is -0.355 e. The maximum Gasteiger partial charge on any atom is 0.240 e. The highest BCUT2D eigenvalue weighted by Crippen LogP contribution is 2.22. The van der Waals surface area contributed by atoms with Gasteiger partial charge >= 0.3 is 0 Å². The molecule has 1 heterocycles. The number of rotatable bonds is 7. The van der Waals surface area contributed by atoms with Crippen LogP contribution in [-0.2, 0) is 21.4 Å². The van der Waals surface area contributed by atoms with Gasteiger partial charge in [-0.15, -0.1) is 0 Å². The molecular formula is C24H27FN4O3S. The summed E-state index contributed by atoms with van der Waals surface area (Å²) < 4.78 is 40.0. The van der Waals surface area contributed by atoms with Crippen LogP contribution in [0.5, 0.6) is 0 Å². The van der Waals surface area contributed by atoms with E-state index in [1.54, 1.807) is 48.8 Å². The van der Waals surface area contributed by atoms with Crippen LogP contribution in [0.15, 0.2) is 71.9 Å². The summed E-state index contributed by atoms with van der Waals surface area (Å²) in [5.41, 5.74) is 2.73. The Hall–Kier alpha value is -3.17. The number of carbonyl (C=O) groups excluding carboxylic acids is 1. The molecule has 3 aromatic rings. The molecule has 1 aliphatic rings. The highest BCUT2D eigenvalue weighted by molar-refractivity contribution is 7.89. The lowest BCUT2D eigenvalue weighted by molar-refractivity contribution is -0.109. The average molecular weight is 471 g/mol. The first-order valence-electron chi connectivity index (χ1n) is 10.8. The maximum atomic E-state index is 12.4. The molecule has 0 spiro atoms. The van der Waals surface area contributed by atoms with Crippen LogP contribution >= 0.6 is 0 Å². The molecule has 1 aromatic heterocycles. The van der Waals surface area contributed by atoms with Gasteiger partial charge in [-0.2, -0.15) is 10.2 Å². The molecule has 0 aliphatic heterocycles. The number of nitrogens with one attached hydrogen (secondary N) is 2. The SMILES string of the molecule is O=CNCc1ccc(F)cc1.O=S(=O)(NC1CCCCC1)c1ccc(-c2ccnnc2)cc1. The molecular weight excluding hydrogens is 443 g/mol. The van der Waals surface area contributed by atoms with Crippen LogP contribution < -0.4 is 10.0 Å². The largest absolute Gasteiger partial charge is 0.355 e. The Bertz CT molecular complexity index is 1100. The summed E-state index contributed by atoms with van der Waals surface area (Å²) in [6.07, 6.45) is 9.15. The number of sulfonamides is 1. The van der Waals surface area contributed by atoms with Crippen molar-refractivity contribution in [3.05, 3.63) is 78.4 Å². The van der Waals surface area contributed by atoms with Gasteiger partial charge in [0.1, 0.15) is 5.82 Å². The lowest BCUT2D eigenvalue weighted by Crippen LogP contribution is -2.36. The Kier molecular flexibility index (Phi) is 9.03. The molecule has 2 aromatic carbocycles.